The van der Waals surface area contributed by atoms with Crippen molar-refractivity contribution in [2.45, 2.75) is 32.4 Å². The summed E-state index contributed by atoms with van der Waals surface area (Å²) in [6, 6.07) is 23.2. The molecule has 1 heterocycles. The second-order valence-electron chi connectivity index (χ2n) is 9.21. The van der Waals surface area contributed by atoms with E-state index in [0.29, 0.717) is 29.6 Å². The van der Waals surface area contributed by atoms with Crippen LogP contribution in [0.15, 0.2) is 78.9 Å². The van der Waals surface area contributed by atoms with Crippen LogP contribution >= 0.6 is 0 Å². The van der Waals surface area contributed by atoms with E-state index in [1.54, 1.807) is 12.1 Å². The fourth-order valence-electron chi connectivity index (χ4n) is 4.79. The average molecular weight is 542 g/mol. The molecule has 0 radical (unpaired) electrons. The number of ketones is 1. The first kappa shape index (κ1) is 28.1. The van der Waals surface area contributed by atoms with Crippen molar-refractivity contribution < 1.29 is 28.7 Å². The van der Waals surface area contributed by atoms with Crippen molar-refractivity contribution in [1.82, 2.24) is 9.88 Å². The van der Waals surface area contributed by atoms with E-state index >= 15 is 0 Å². The number of Topliss-reactive ketones (excluding diaryl/α,β-unsaturated/α-hetero) is 1. The van der Waals surface area contributed by atoms with Gasteiger partial charge in [-0.2, -0.15) is 0 Å². The first-order chi connectivity index (χ1) is 19.3. The number of carbonyl (C=O) groups excluding carboxylic acids is 4. The first-order valence-corrected chi connectivity index (χ1v) is 12.9. The molecule has 0 fully saturated rings. The molecule has 2 amide bonds. The van der Waals surface area contributed by atoms with E-state index in [1.807, 2.05) is 78.2 Å². The summed E-state index contributed by atoms with van der Waals surface area (Å²) in [7, 11) is 1.26. The number of rotatable bonds is 12. The molecule has 4 rings (SSSR count). The van der Waals surface area contributed by atoms with Gasteiger partial charge in [0.2, 0.25) is 0 Å². The van der Waals surface area contributed by atoms with E-state index in [4.69, 9.17) is 15.2 Å². The highest BCUT2D eigenvalue weighted by atomic mass is 16.5. The molecule has 1 aromatic heterocycles. The third kappa shape index (κ3) is 6.20. The number of ether oxygens (including phenoxy) is 2. The lowest BCUT2D eigenvalue weighted by atomic mass is 10.0. The Hall–Kier alpha value is -4.92. The van der Waals surface area contributed by atoms with Crippen LogP contribution < -0.4 is 15.8 Å². The van der Waals surface area contributed by atoms with E-state index < -0.39 is 36.2 Å². The fraction of sp³-hybridized carbons (Fsp3) is 0.226. The van der Waals surface area contributed by atoms with Crippen LogP contribution in [0, 0.1) is 0 Å². The third-order valence-corrected chi connectivity index (χ3v) is 6.59. The van der Waals surface area contributed by atoms with Gasteiger partial charge in [0, 0.05) is 18.7 Å². The summed E-state index contributed by atoms with van der Waals surface area (Å²) in [5.41, 5.74) is 8.75. The molecule has 0 spiro atoms. The predicted octanol–water partition coefficient (Wildman–Crippen LogP) is 3.20. The SMILES string of the molecule is CCc1c(C(=O)C(N)=O)c2c(OCC(=O)N[C@@H](Cc3ccccc3)C(=O)OC)cccc2n1Cc1ccccc1. The highest BCUT2D eigenvalue weighted by molar-refractivity contribution is 6.45. The van der Waals surface area contributed by atoms with Crippen LogP contribution in [0.2, 0.25) is 0 Å². The maximum absolute atomic E-state index is 13.0. The number of primary amides is 1. The van der Waals surface area contributed by atoms with Crippen molar-refractivity contribution in [1.29, 1.82) is 0 Å². The smallest absolute Gasteiger partial charge is 0.328 e. The summed E-state index contributed by atoms with van der Waals surface area (Å²) >= 11 is 0. The number of esters is 1. The lowest BCUT2D eigenvalue weighted by Crippen LogP contribution is -2.44. The molecule has 4 aromatic rings. The molecule has 40 heavy (non-hydrogen) atoms. The molecule has 3 aromatic carbocycles. The maximum Gasteiger partial charge on any atom is 0.328 e. The van der Waals surface area contributed by atoms with E-state index in [2.05, 4.69) is 5.32 Å². The predicted molar refractivity (Wildman–Crippen MR) is 150 cm³/mol. The molecule has 0 saturated carbocycles. The molecule has 9 nitrogen and oxygen atoms in total. The lowest BCUT2D eigenvalue weighted by molar-refractivity contribution is -0.145. The molecule has 3 N–H and O–H groups in total. The summed E-state index contributed by atoms with van der Waals surface area (Å²) in [6.45, 7) is 1.91. The zero-order valence-electron chi connectivity index (χ0n) is 22.4. The Labute approximate surface area is 231 Å². The van der Waals surface area contributed by atoms with Crippen LogP contribution in [0.4, 0.5) is 0 Å². The van der Waals surface area contributed by atoms with Gasteiger partial charge in [-0.1, -0.05) is 73.7 Å². The number of benzene rings is 3. The summed E-state index contributed by atoms with van der Waals surface area (Å²) in [4.78, 5) is 50.3. The third-order valence-electron chi connectivity index (χ3n) is 6.59. The number of hydrogen-bond donors (Lipinski definition) is 2. The second-order valence-corrected chi connectivity index (χ2v) is 9.21. The number of amides is 2. The minimum atomic E-state index is -1.08. The minimum Gasteiger partial charge on any atom is -0.483 e. The quantitative estimate of drug-likeness (QED) is 0.161. The Morgan fingerprint density at radius 2 is 1.55 bits per heavy atom. The zero-order chi connectivity index (χ0) is 28.6. The van der Waals surface area contributed by atoms with Crippen LogP contribution in [-0.2, 0) is 38.5 Å². The van der Waals surface area contributed by atoms with Crippen LogP contribution in [0.1, 0.15) is 34.1 Å². The highest BCUT2D eigenvalue weighted by Gasteiger charge is 2.28. The van der Waals surface area contributed by atoms with Crippen LogP contribution in [0.25, 0.3) is 10.9 Å². The van der Waals surface area contributed by atoms with Crippen molar-refractivity contribution in [3.8, 4) is 5.75 Å². The molecule has 0 aliphatic carbocycles. The van der Waals surface area contributed by atoms with Crippen LogP contribution in [0.5, 0.6) is 5.75 Å². The summed E-state index contributed by atoms with van der Waals surface area (Å²) in [5.74, 6) is -2.80. The molecule has 0 unspecified atom stereocenters. The number of nitrogens with zero attached hydrogens (tertiary/aromatic N) is 1. The van der Waals surface area contributed by atoms with Crippen molar-refractivity contribution >= 4 is 34.5 Å². The Morgan fingerprint density at radius 3 is 2.15 bits per heavy atom. The minimum absolute atomic E-state index is 0.161. The van der Waals surface area contributed by atoms with Gasteiger partial charge in [0.15, 0.2) is 6.61 Å². The lowest BCUT2D eigenvalue weighted by Gasteiger charge is -2.17. The monoisotopic (exact) mass is 541 g/mol. The van der Waals surface area contributed by atoms with Crippen molar-refractivity contribution in [2.75, 3.05) is 13.7 Å². The topological polar surface area (TPSA) is 130 Å². The maximum atomic E-state index is 13.0. The molecule has 9 heteroatoms. The molecular formula is C31H31N3O6. The fourth-order valence-corrected chi connectivity index (χ4v) is 4.79. The van der Waals surface area contributed by atoms with E-state index in [1.165, 1.54) is 7.11 Å². The van der Waals surface area contributed by atoms with Gasteiger partial charge in [0.05, 0.1) is 23.6 Å². The molecule has 206 valence electrons. The Morgan fingerprint density at radius 1 is 0.900 bits per heavy atom. The van der Waals surface area contributed by atoms with Gasteiger partial charge in [-0.05, 0) is 29.7 Å². The van der Waals surface area contributed by atoms with E-state index in [9.17, 15) is 19.2 Å². The van der Waals surface area contributed by atoms with Crippen molar-refractivity contribution in [3.63, 3.8) is 0 Å². The molecule has 0 saturated heterocycles. The Bertz CT molecular complexity index is 1530. The van der Waals surface area contributed by atoms with Crippen molar-refractivity contribution in [3.05, 3.63) is 101 Å². The van der Waals surface area contributed by atoms with Crippen LogP contribution in [-0.4, -0.2) is 47.9 Å². The first-order valence-electron chi connectivity index (χ1n) is 12.9. The standard InChI is InChI=1S/C31H31N3O6/c1-3-23-28(29(36)30(32)37)27-24(34(23)18-21-13-8-5-9-14-21)15-10-16-25(27)40-19-26(35)33-22(31(38)39-2)17-20-11-6-4-7-12-20/h4-16,22H,3,17-19H2,1-2H3,(H2,32,37)(H,33,35)/t22-/m0/s1. The Kier molecular flexibility index (Phi) is 8.96. The summed E-state index contributed by atoms with van der Waals surface area (Å²) in [5, 5.41) is 3.07. The van der Waals surface area contributed by atoms with Crippen LogP contribution in [0.3, 0.4) is 0 Å². The number of aromatic nitrogens is 1. The molecule has 0 aliphatic heterocycles. The van der Waals surface area contributed by atoms with Gasteiger partial charge in [0.1, 0.15) is 11.8 Å². The Balaban J connectivity index is 1.65. The molecule has 1 atom stereocenters. The van der Waals surface area contributed by atoms with Gasteiger partial charge in [0.25, 0.3) is 17.6 Å². The number of methoxy groups -OCH3 is 1. The van der Waals surface area contributed by atoms with Gasteiger partial charge in [-0.3, -0.25) is 14.4 Å². The number of hydrogen-bond acceptors (Lipinski definition) is 6. The highest BCUT2D eigenvalue weighted by Crippen LogP contribution is 2.35. The number of carbonyl (C=O) groups is 4. The van der Waals surface area contributed by atoms with Gasteiger partial charge >= 0.3 is 5.97 Å². The second kappa shape index (κ2) is 12.8. The van der Waals surface area contributed by atoms with Gasteiger partial charge in [-0.25, -0.2) is 4.79 Å². The molecular weight excluding hydrogens is 510 g/mol. The zero-order valence-corrected chi connectivity index (χ0v) is 22.4. The van der Waals surface area contributed by atoms with Crippen molar-refractivity contribution in [2.24, 2.45) is 5.73 Å². The largest absolute Gasteiger partial charge is 0.483 e. The van der Waals surface area contributed by atoms with E-state index in [0.717, 1.165) is 11.1 Å². The normalized spacial score (nSPS) is 11.6. The summed E-state index contributed by atoms with van der Waals surface area (Å²) in [6.07, 6.45) is 0.699. The van der Waals surface area contributed by atoms with Gasteiger partial charge in [-0.15, -0.1) is 0 Å². The molecule has 0 bridgehead atoms. The number of nitrogens with one attached hydrogen (secondary N) is 1. The number of nitrogens with two attached hydrogens (primary N) is 1. The summed E-state index contributed by atoms with van der Waals surface area (Å²) < 4.78 is 12.7. The van der Waals surface area contributed by atoms with Gasteiger partial charge < -0.3 is 25.1 Å². The average Bonchev–Trinajstić information content (AvgIpc) is 3.29. The number of fused-ring (bicyclic) bond motifs is 1. The molecule has 0 aliphatic rings. The van der Waals surface area contributed by atoms with E-state index in [-0.39, 0.29) is 17.7 Å².